The summed E-state index contributed by atoms with van der Waals surface area (Å²) in [6.07, 6.45) is 18.9. The molecule has 0 aliphatic heterocycles. The average Bonchev–Trinajstić information content (AvgIpc) is 3.07. The minimum atomic E-state index is -2.64. The molecule has 0 saturated heterocycles. The summed E-state index contributed by atoms with van der Waals surface area (Å²) >= 11 is 0. The third-order valence-electron chi connectivity index (χ3n) is 9.17. The van der Waals surface area contributed by atoms with E-state index in [2.05, 4.69) is 113 Å². The Morgan fingerprint density at radius 1 is 0.543 bits per heavy atom. The van der Waals surface area contributed by atoms with E-state index in [1.807, 2.05) is 6.07 Å². The highest BCUT2D eigenvalue weighted by atomic mass is 28.4. The molecular formula is C42H64O3Si. The van der Waals surface area contributed by atoms with Gasteiger partial charge in [0.25, 0.3) is 8.32 Å². The maximum atomic E-state index is 7.24. The lowest BCUT2D eigenvalue weighted by Gasteiger charge is -2.43. The van der Waals surface area contributed by atoms with Crippen molar-refractivity contribution in [1.82, 2.24) is 0 Å². The molecule has 3 aromatic carbocycles. The van der Waals surface area contributed by atoms with Gasteiger partial charge in [-0.3, -0.25) is 0 Å². The van der Waals surface area contributed by atoms with Crippen LogP contribution >= 0.6 is 0 Å². The number of rotatable bonds is 25. The van der Waals surface area contributed by atoms with Crippen molar-refractivity contribution >= 4 is 18.7 Å². The van der Waals surface area contributed by atoms with Gasteiger partial charge in [-0.25, -0.2) is 0 Å². The van der Waals surface area contributed by atoms with E-state index in [-0.39, 0.29) is 11.1 Å². The van der Waals surface area contributed by atoms with Gasteiger partial charge in [-0.15, -0.1) is 0 Å². The predicted molar refractivity (Wildman–Crippen MR) is 200 cm³/mol. The van der Waals surface area contributed by atoms with E-state index < -0.39 is 8.32 Å². The van der Waals surface area contributed by atoms with E-state index in [0.717, 1.165) is 13.0 Å². The Bertz CT molecular complexity index is 1090. The van der Waals surface area contributed by atoms with Gasteiger partial charge in [0.05, 0.1) is 19.8 Å². The topological polar surface area (TPSA) is 27.7 Å². The summed E-state index contributed by atoms with van der Waals surface area (Å²) in [7, 11) is -2.64. The summed E-state index contributed by atoms with van der Waals surface area (Å²) in [5.74, 6) is 0. The van der Waals surface area contributed by atoms with Crippen molar-refractivity contribution in [3.05, 3.63) is 96.6 Å². The number of unbranched alkanes of at least 4 members (excludes halogenated alkanes) is 13. The van der Waals surface area contributed by atoms with Gasteiger partial charge in [-0.05, 0) is 27.4 Å². The molecule has 3 rings (SSSR count). The highest BCUT2D eigenvalue weighted by Crippen LogP contribution is 2.37. The third kappa shape index (κ3) is 13.5. The van der Waals surface area contributed by atoms with E-state index in [0.29, 0.717) is 19.8 Å². The molecule has 1 atom stereocenters. The van der Waals surface area contributed by atoms with Crippen molar-refractivity contribution in [2.45, 2.75) is 135 Å². The molecule has 0 aliphatic rings. The van der Waals surface area contributed by atoms with Crippen molar-refractivity contribution < 1.29 is 13.9 Å². The molecule has 4 heteroatoms. The van der Waals surface area contributed by atoms with Crippen molar-refractivity contribution in [3.63, 3.8) is 0 Å². The van der Waals surface area contributed by atoms with Crippen LogP contribution in [-0.2, 0) is 20.5 Å². The zero-order valence-electron chi connectivity index (χ0n) is 29.7. The van der Waals surface area contributed by atoms with E-state index >= 15 is 0 Å². The van der Waals surface area contributed by atoms with Crippen molar-refractivity contribution in [2.75, 3.05) is 19.8 Å². The lowest BCUT2D eigenvalue weighted by atomic mass is 10.0. The van der Waals surface area contributed by atoms with Crippen LogP contribution in [0.2, 0.25) is 5.04 Å². The monoisotopic (exact) mass is 644 g/mol. The molecule has 0 amide bonds. The highest BCUT2D eigenvalue weighted by molar-refractivity contribution is 6.99. The molecule has 0 spiro atoms. The first-order valence-electron chi connectivity index (χ1n) is 18.5. The molecule has 0 aliphatic carbocycles. The molecule has 3 nitrogen and oxygen atoms in total. The van der Waals surface area contributed by atoms with Crippen molar-refractivity contribution in [3.8, 4) is 0 Å². The lowest BCUT2D eigenvalue weighted by Crippen LogP contribution is -2.67. The predicted octanol–water partition coefficient (Wildman–Crippen LogP) is 10.6. The second-order valence-corrected chi connectivity index (χ2v) is 18.4. The average molecular weight is 645 g/mol. The molecule has 46 heavy (non-hydrogen) atoms. The first-order valence-corrected chi connectivity index (χ1v) is 20.4. The molecule has 254 valence electrons. The zero-order valence-corrected chi connectivity index (χ0v) is 30.7. The summed E-state index contributed by atoms with van der Waals surface area (Å²) in [6, 6.07) is 32.2. The Morgan fingerprint density at radius 3 is 1.43 bits per heavy atom. The summed E-state index contributed by atoms with van der Waals surface area (Å²) < 4.78 is 20.0. The second kappa shape index (κ2) is 22.3. The van der Waals surface area contributed by atoms with Gasteiger partial charge in [0.15, 0.2) is 0 Å². The van der Waals surface area contributed by atoms with Crippen LogP contribution in [0.25, 0.3) is 0 Å². The molecule has 0 heterocycles. The minimum absolute atomic E-state index is 0.0697. The van der Waals surface area contributed by atoms with Crippen LogP contribution in [-0.4, -0.2) is 34.2 Å². The van der Waals surface area contributed by atoms with E-state index in [9.17, 15) is 0 Å². The minimum Gasteiger partial charge on any atom is -0.405 e. The van der Waals surface area contributed by atoms with Crippen LogP contribution in [0, 0.1) is 0 Å². The molecule has 0 saturated carbocycles. The summed E-state index contributed by atoms with van der Waals surface area (Å²) in [6.45, 7) is 11.6. The van der Waals surface area contributed by atoms with Gasteiger partial charge in [0, 0.05) is 6.61 Å². The molecule has 0 bridgehead atoms. The fourth-order valence-electron chi connectivity index (χ4n) is 6.55. The normalized spacial score (nSPS) is 12.8. The SMILES string of the molecule is CCCCCCCCCCCCCCCCO[C@H](COCc1ccccc1)CO[Si](c1ccccc1)(c1ccccc1)C(C)(C)C. The largest absolute Gasteiger partial charge is 0.405 e. The van der Waals surface area contributed by atoms with Gasteiger partial charge in [-0.1, -0.05) is 202 Å². The molecular weight excluding hydrogens is 581 g/mol. The first-order chi connectivity index (χ1) is 22.5. The molecule has 0 radical (unpaired) electrons. The Hall–Kier alpha value is -2.24. The van der Waals surface area contributed by atoms with Gasteiger partial charge in [0.1, 0.15) is 6.10 Å². The van der Waals surface area contributed by atoms with Crippen LogP contribution in [0.3, 0.4) is 0 Å². The number of hydrogen-bond acceptors (Lipinski definition) is 3. The van der Waals surface area contributed by atoms with Crippen molar-refractivity contribution in [2.24, 2.45) is 0 Å². The van der Waals surface area contributed by atoms with Gasteiger partial charge in [-0.2, -0.15) is 0 Å². The van der Waals surface area contributed by atoms with Crippen LogP contribution < -0.4 is 10.4 Å². The maximum Gasteiger partial charge on any atom is 0.261 e. The van der Waals surface area contributed by atoms with Crippen LogP contribution in [0.15, 0.2) is 91.0 Å². The molecule has 0 N–H and O–H groups in total. The summed E-state index contributed by atoms with van der Waals surface area (Å²) in [5.41, 5.74) is 1.18. The lowest BCUT2D eigenvalue weighted by molar-refractivity contribution is -0.0441. The van der Waals surface area contributed by atoms with Crippen molar-refractivity contribution in [1.29, 1.82) is 0 Å². The fourth-order valence-corrected chi connectivity index (χ4v) is 11.1. The molecule has 3 aromatic rings. The Balaban J connectivity index is 1.51. The number of benzene rings is 3. The van der Waals surface area contributed by atoms with Gasteiger partial charge < -0.3 is 13.9 Å². The first kappa shape index (κ1) is 38.2. The van der Waals surface area contributed by atoms with Crippen LogP contribution in [0.4, 0.5) is 0 Å². The fraction of sp³-hybridized carbons (Fsp3) is 0.571. The maximum absolute atomic E-state index is 7.24. The molecule has 0 aromatic heterocycles. The van der Waals surface area contributed by atoms with Gasteiger partial charge >= 0.3 is 0 Å². The van der Waals surface area contributed by atoms with Crippen LogP contribution in [0.1, 0.15) is 123 Å². The number of ether oxygens (including phenoxy) is 2. The Labute approximate surface area is 283 Å². The summed E-state index contributed by atoms with van der Waals surface area (Å²) in [5, 5.41) is 2.52. The smallest absolute Gasteiger partial charge is 0.261 e. The third-order valence-corrected chi connectivity index (χ3v) is 14.2. The summed E-state index contributed by atoms with van der Waals surface area (Å²) in [4.78, 5) is 0. The zero-order chi connectivity index (χ0) is 32.8. The molecule has 0 fully saturated rings. The van der Waals surface area contributed by atoms with Crippen LogP contribution in [0.5, 0.6) is 0 Å². The quantitative estimate of drug-likeness (QED) is 0.0678. The van der Waals surface area contributed by atoms with E-state index in [4.69, 9.17) is 13.9 Å². The number of hydrogen-bond donors (Lipinski definition) is 0. The highest BCUT2D eigenvalue weighted by Gasteiger charge is 2.50. The van der Waals surface area contributed by atoms with E-state index in [1.54, 1.807) is 0 Å². The Kier molecular flexibility index (Phi) is 18.6. The standard InChI is InChI=1S/C42H64O3Si/c1-5-6-7-8-9-10-11-12-13-14-15-16-17-27-34-44-39(36-43-35-38-28-21-18-22-29-38)37-45-46(42(2,3)4,40-30-23-19-24-31-40)41-32-25-20-26-33-41/h18-26,28-33,39H,5-17,27,34-37H2,1-4H3/t39-/m1/s1. The molecule has 0 unspecified atom stereocenters. The van der Waals surface area contributed by atoms with Gasteiger partial charge in [0.2, 0.25) is 0 Å². The second-order valence-electron chi connectivity index (χ2n) is 14.1. The Morgan fingerprint density at radius 2 is 0.978 bits per heavy atom. The van der Waals surface area contributed by atoms with E-state index in [1.165, 1.54) is 99.4 Å².